The van der Waals surface area contributed by atoms with Gasteiger partial charge >= 0.3 is 0 Å². The van der Waals surface area contributed by atoms with E-state index in [1.54, 1.807) is 11.3 Å². The number of rotatable bonds is 5. The van der Waals surface area contributed by atoms with E-state index in [9.17, 15) is 0 Å². The summed E-state index contributed by atoms with van der Waals surface area (Å²) in [7, 11) is 3.95. The van der Waals surface area contributed by atoms with Crippen LogP contribution in [0.15, 0.2) is 17.5 Å². The maximum absolute atomic E-state index is 6.29. The van der Waals surface area contributed by atoms with E-state index in [0.29, 0.717) is 6.04 Å². The largest absolute Gasteiger partial charge is 0.316 e. The van der Waals surface area contributed by atoms with E-state index in [2.05, 4.69) is 27.9 Å². The summed E-state index contributed by atoms with van der Waals surface area (Å²) < 4.78 is 1.89. The highest BCUT2D eigenvalue weighted by atomic mass is 35.5. The molecule has 2 aromatic rings. The first-order valence-electron chi connectivity index (χ1n) is 5.99. The van der Waals surface area contributed by atoms with Crippen LogP contribution in [0, 0.1) is 6.92 Å². The average molecular weight is 284 g/mol. The fraction of sp³-hybridized carbons (Fsp3) is 0.462. The molecule has 0 bridgehead atoms. The molecule has 18 heavy (non-hydrogen) atoms. The van der Waals surface area contributed by atoms with Gasteiger partial charge in [-0.1, -0.05) is 17.7 Å². The van der Waals surface area contributed by atoms with Gasteiger partial charge in [0.15, 0.2) is 0 Å². The topological polar surface area (TPSA) is 29.9 Å². The SMILES string of the molecule is CNC(Cc1cccs1)Cc1c(Cl)c(C)nn1C. The second-order valence-electron chi connectivity index (χ2n) is 4.44. The smallest absolute Gasteiger partial charge is 0.0847 e. The molecule has 5 heteroatoms. The predicted octanol–water partition coefficient (Wildman–Crippen LogP) is 2.82. The second-order valence-corrected chi connectivity index (χ2v) is 5.85. The van der Waals surface area contributed by atoms with Gasteiger partial charge in [-0.15, -0.1) is 11.3 Å². The first-order valence-corrected chi connectivity index (χ1v) is 7.25. The second kappa shape index (κ2) is 5.87. The van der Waals surface area contributed by atoms with Crippen LogP contribution in [-0.4, -0.2) is 22.9 Å². The van der Waals surface area contributed by atoms with Crippen molar-refractivity contribution < 1.29 is 0 Å². The zero-order valence-electron chi connectivity index (χ0n) is 10.9. The summed E-state index contributed by atoms with van der Waals surface area (Å²) in [4.78, 5) is 1.39. The van der Waals surface area contributed by atoms with E-state index in [4.69, 9.17) is 11.6 Å². The molecular weight excluding hydrogens is 266 g/mol. The van der Waals surface area contributed by atoms with Crippen molar-refractivity contribution in [2.75, 3.05) is 7.05 Å². The fourth-order valence-electron chi connectivity index (χ4n) is 2.08. The van der Waals surface area contributed by atoms with Gasteiger partial charge in [-0.2, -0.15) is 5.10 Å². The summed E-state index contributed by atoms with van der Waals surface area (Å²) in [5.41, 5.74) is 2.00. The van der Waals surface area contributed by atoms with Crippen molar-refractivity contribution >= 4 is 22.9 Å². The number of hydrogen-bond donors (Lipinski definition) is 1. The Hall–Kier alpha value is -0.840. The Labute approximate surface area is 117 Å². The Kier molecular flexibility index (Phi) is 4.43. The third kappa shape index (κ3) is 2.94. The number of aryl methyl sites for hydroxylation is 2. The molecule has 1 atom stereocenters. The average Bonchev–Trinajstić information content (AvgIpc) is 2.92. The van der Waals surface area contributed by atoms with Crippen molar-refractivity contribution in [2.24, 2.45) is 7.05 Å². The monoisotopic (exact) mass is 283 g/mol. The van der Waals surface area contributed by atoms with E-state index in [1.165, 1.54) is 4.88 Å². The number of thiophene rings is 1. The maximum Gasteiger partial charge on any atom is 0.0847 e. The molecule has 98 valence electrons. The normalized spacial score (nSPS) is 12.9. The Bertz CT molecular complexity index is 505. The lowest BCUT2D eigenvalue weighted by Gasteiger charge is -2.15. The Morgan fingerprint density at radius 2 is 2.28 bits per heavy atom. The third-order valence-corrected chi connectivity index (χ3v) is 4.53. The van der Waals surface area contributed by atoms with Crippen LogP contribution in [0.4, 0.5) is 0 Å². The minimum Gasteiger partial charge on any atom is -0.316 e. The van der Waals surface area contributed by atoms with Gasteiger partial charge in [0.2, 0.25) is 0 Å². The highest BCUT2D eigenvalue weighted by Gasteiger charge is 2.16. The molecule has 1 N–H and O–H groups in total. The van der Waals surface area contributed by atoms with Gasteiger partial charge < -0.3 is 5.32 Å². The van der Waals surface area contributed by atoms with Crippen LogP contribution in [0.1, 0.15) is 16.3 Å². The molecule has 2 aromatic heterocycles. The lowest BCUT2D eigenvalue weighted by Crippen LogP contribution is -2.30. The summed E-state index contributed by atoms with van der Waals surface area (Å²) in [6, 6.07) is 4.65. The number of nitrogens with zero attached hydrogens (tertiary/aromatic N) is 2. The lowest BCUT2D eigenvalue weighted by atomic mass is 10.1. The van der Waals surface area contributed by atoms with Crippen molar-refractivity contribution in [3.05, 3.63) is 38.8 Å². The molecule has 0 radical (unpaired) electrons. The highest BCUT2D eigenvalue weighted by molar-refractivity contribution is 7.09. The van der Waals surface area contributed by atoms with Crippen molar-refractivity contribution in [3.63, 3.8) is 0 Å². The summed E-state index contributed by atoms with van der Waals surface area (Å²) >= 11 is 8.08. The van der Waals surface area contributed by atoms with Crippen LogP contribution in [0.5, 0.6) is 0 Å². The summed E-state index contributed by atoms with van der Waals surface area (Å²) in [5.74, 6) is 0. The summed E-state index contributed by atoms with van der Waals surface area (Å²) in [6.07, 6.45) is 1.92. The van der Waals surface area contributed by atoms with Gasteiger partial charge in [0.1, 0.15) is 0 Å². The van der Waals surface area contributed by atoms with Crippen molar-refractivity contribution in [1.29, 1.82) is 0 Å². The maximum atomic E-state index is 6.29. The minimum atomic E-state index is 0.385. The van der Waals surface area contributed by atoms with E-state index in [1.807, 2.05) is 25.7 Å². The Morgan fingerprint density at radius 1 is 1.50 bits per heavy atom. The molecular formula is C13H18ClN3S. The standard InChI is InChI=1S/C13H18ClN3S/c1-9-13(14)12(17(3)16-9)8-10(15-2)7-11-5-4-6-18-11/h4-6,10,15H,7-8H2,1-3H3. The number of nitrogens with one attached hydrogen (secondary N) is 1. The molecule has 0 aliphatic heterocycles. The highest BCUT2D eigenvalue weighted by Crippen LogP contribution is 2.22. The van der Waals surface area contributed by atoms with Crippen LogP contribution in [0.2, 0.25) is 5.02 Å². The molecule has 0 aromatic carbocycles. The summed E-state index contributed by atoms with van der Waals surface area (Å²) in [6.45, 7) is 1.94. The van der Waals surface area contributed by atoms with Crippen LogP contribution in [-0.2, 0) is 19.9 Å². The minimum absolute atomic E-state index is 0.385. The molecule has 0 fully saturated rings. The lowest BCUT2D eigenvalue weighted by molar-refractivity contribution is 0.537. The van der Waals surface area contributed by atoms with Gasteiger partial charge in [-0.25, -0.2) is 0 Å². The van der Waals surface area contributed by atoms with Crippen molar-refractivity contribution in [3.8, 4) is 0 Å². The third-order valence-electron chi connectivity index (χ3n) is 3.14. The van der Waals surface area contributed by atoms with E-state index in [-0.39, 0.29) is 0 Å². The molecule has 2 rings (SSSR count). The molecule has 0 aliphatic rings. The molecule has 0 aliphatic carbocycles. The molecule has 0 saturated carbocycles. The van der Waals surface area contributed by atoms with Gasteiger partial charge in [-0.05, 0) is 31.8 Å². The Morgan fingerprint density at radius 3 is 2.78 bits per heavy atom. The molecule has 2 heterocycles. The molecule has 0 saturated heterocycles. The van der Waals surface area contributed by atoms with Crippen molar-refractivity contribution in [1.82, 2.24) is 15.1 Å². The number of aromatic nitrogens is 2. The van der Waals surface area contributed by atoms with Crippen LogP contribution in [0.25, 0.3) is 0 Å². The molecule has 0 spiro atoms. The predicted molar refractivity (Wildman–Crippen MR) is 77.5 cm³/mol. The number of halogens is 1. The number of hydrogen-bond acceptors (Lipinski definition) is 3. The molecule has 3 nitrogen and oxygen atoms in total. The van der Waals surface area contributed by atoms with E-state index < -0.39 is 0 Å². The first kappa shape index (κ1) is 13.6. The van der Waals surface area contributed by atoms with E-state index >= 15 is 0 Å². The van der Waals surface area contributed by atoms with Crippen LogP contribution in [0.3, 0.4) is 0 Å². The summed E-state index contributed by atoms with van der Waals surface area (Å²) in [5, 5.41) is 10.6. The zero-order chi connectivity index (χ0) is 13.1. The first-order chi connectivity index (χ1) is 8.61. The van der Waals surface area contributed by atoms with Gasteiger partial charge in [0, 0.05) is 24.4 Å². The van der Waals surface area contributed by atoms with Gasteiger partial charge in [-0.3, -0.25) is 4.68 Å². The molecule has 0 amide bonds. The van der Waals surface area contributed by atoms with Gasteiger partial charge in [0.25, 0.3) is 0 Å². The molecule has 1 unspecified atom stereocenters. The fourth-order valence-corrected chi connectivity index (χ4v) is 3.11. The van der Waals surface area contributed by atoms with Crippen molar-refractivity contribution in [2.45, 2.75) is 25.8 Å². The van der Waals surface area contributed by atoms with Gasteiger partial charge in [0.05, 0.1) is 16.4 Å². The zero-order valence-corrected chi connectivity index (χ0v) is 12.5. The quantitative estimate of drug-likeness (QED) is 0.914. The van der Waals surface area contributed by atoms with Crippen LogP contribution >= 0.6 is 22.9 Å². The Balaban J connectivity index is 2.10. The number of likely N-dealkylation sites (N-methyl/N-ethyl adjacent to an activating group) is 1. The van der Waals surface area contributed by atoms with Crippen LogP contribution < -0.4 is 5.32 Å². The van der Waals surface area contributed by atoms with E-state index in [0.717, 1.165) is 29.3 Å².